The Bertz CT molecular complexity index is 2470. The summed E-state index contributed by atoms with van der Waals surface area (Å²) in [7, 11) is -8.68. The van der Waals surface area contributed by atoms with Gasteiger partial charge in [0.2, 0.25) is 31.9 Å². The number of carbonyl (C=O) groups is 5. The summed E-state index contributed by atoms with van der Waals surface area (Å²) in [6, 6.07) is 7.92. The van der Waals surface area contributed by atoms with E-state index in [0.29, 0.717) is 24.0 Å². The Morgan fingerprint density at radius 2 is 1.73 bits per heavy atom. The molecular formula is C42H50FN5O13S2. The Hall–Kier alpha value is -5.28. The first-order valence-electron chi connectivity index (χ1n) is 20.8. The maximum atomic E-state index is 14.9. The Kier molecular flexibility index (Phi) is 12.6. The van der Waals surface area contributed by atoms with Crippen LogP contribution in [-0.4, -0.2) is 108 Å². The van der Waals surface area contributed by atoms with Gasteiger partial charge in [-0.3, -0.25) is 38.9 Å². The number of benzene rings is 2. The number of allylic oxidation sites excluding steroid dienone is 1. The highest BCUT2D eigenvalue weighted by Gasteiger charge is 2.62. The monoisotopic (exact) mass is 915 g/mol. The van der Waals surface area contributed by atoms with E-state index in [9.17, 15) is 55.3 Å². The van der Waals surface area contributed by atoms with Gasteiger partial charge in [-0.25, -0.2) is 26.0 Å². The largest absolute Gasteiger partial charge is 0.460 e. The molecule has 3 amide bonds. The van der Waals surface area contributed by atoms with Crippen molar-refractivity contribution in [3.8, 4) is 0 Å². The van der Waals surface area contributed by atoms with Crippen molar-refractivity contribution in [2.75, 3.05) is 19.6 Å². The molecule has 18 nitrogen and oxygen atoms in total. The molecule has 2 aromatic carbocycles. The number of carbonyl (C=O) groups excluding carboxylic acids is 5. The fraction of sp³-hybridized carbons (Fsp3) is 0.548. The van der Waals surface area contributed by atoms with Crippen LogP contribution in [0.5, 0.6) is 0 Å². The van der Waals surface area contributed by atoms with Crippen LogP contribution in [0.3, 0.4) is 0 Å². The number of nitro groups is 1. The van der Waals surface area contributed by atoms with E-state index in [1.165, 1.54) is 29.2 Å². The lowest BCUT2D eigenvalue weighted by Gasteiger charge is -2.30. The Morgan fingerprint density at radius 3 is 2.41 bits per heavy atom. The predicted molar refractivity (Wildman–Crippen MR) is 220 cm³/mol. The zero-order chi connectivity index (χ0) is 45.6. The minimum Gasteiger partial charge on any atom is -0.460 e. The zero-order valence-corrected chi connectivity index (χ0v) is 36.7. The Balaban J connectivity index is 1.24. The highest BCUT2D eigenvalue weighted by Crippen LogP contribution is 2.57. The number of rotatable bonds is 9. The van der Waals surface area contributed by atoms with E-state index in [1.807, 2.05) is 0 Å². The van der Waals surface area contributed by atoms with Crippen LogP contribution >= 0.6 is 0 Å². The number of sulfonamides is 2. The lowest BCUT2D eigenvalue weighted by atomic mass is 9.91. The number of nitrogens with one attached hydrogen (secondary N) is 1. The Morgan fingerprint density at radius 1 is 1.00 bits per heavy atom. The normalized spacial score (nSPS) is 26.3. The maximum Gasteiger partial charge on any atom is 0.410 e. The number of fused-ring (bicyclic) bond motifs is 3. The molecule has 0 radical (unpaired) electrons. The molecule has 0 spiro atoms. The van der Waals surface area contributed by atoms with Crippen LogP contribution in [0.15, 0.2) is 59.5 Å². The molecule has 3 heterocycles. The first-order valence-corrected chi connectivity index (χ1v) is 23.8. The molecule has 1 unspecified atom stereocenters. The number of para-hydroxylation sites is 1. The van der Waals surface area contributed by atoms with Gasteiger partial charge in [0.15, 0.2) is 10.7 Å². The van der Waals surface area contributed by atoms with Crippen molar-refractivity contribution in [2.24, 2.45) is 17.3 Å². The highest BCUT2D eigenvalue weighted by molar-refractivity contribution is 7.91. The summed E-state index contributed by atoms with van der Waals surface area (Å²) in [5.74, 6) is -5.62. The number of ether oxygens (including phenoxy) is 2. The SMILES string of the molecule is CC(C)(C)OC(=O)C[C@H]1CCN(S(=O)(=O)c2ccccc2[N+](=O)[O-])CC/C=C\[C@@H]2C[C@@]2(C(=O)NS(=O)(=O)C2CC2)CC(=O)[C@@H]2CC(OC(=O)N3Cc4cccc(F)c4C3)CN2C1=O. The lowest BCUT2D eigenvalue weighted by molar-refractivity contribution is -0.387. The number of nitro benzene ring substituents is 1. The summed E-state index contributed by atoms with van der Waals surface area (Å²) < 4.78 is 83.6. The summed E-state index contributed by atoms with van der Waals surface area (Å²) >= 11 is 0. The van der Waals surface area contributed by atoms with Crippen LogP contribution in [-0.2, 0) is 61.8 Å². The van der Waals surface area contributed by atoms with Gasteiger partial charge in [-0.1, -0.05) is 36.4 Å². The second kappa shape index (κ2) is 17.4. The molecule has 21 heteroatoms. The van der Waals surface area contributed by atoms with Crippen molar-refractivity contribution < 1.29 is 59.6 Å². The molecule has 340 valence electrons. The molecule has 5 atom stereocenters. The average molecular weight is 916 g/mol. The van der Waals surface area contributed by atoms with Crippen LogP contribution in [0.25, 0.3) is 0 Å². The van der Waals surface area contributed by atoms with Gasteiger partial charge in [0.25, 0.3) is 5.69 Å². The molecule has 7 rings (SSSR count). The summed E-state index contributed by atoms with van der Waals surface area (Å²) in [6.07, 6.45) is 0.439. The van der Waals surface area contributed by atoms with E-state index in [0.717, 1.165) is 21.3 Å². The molecule has 2 aliphatic carbocycles. The molecule has 0 aromatic heterocycles. The van der Waals surface area contributed by atoms with Gasteiger partial charge in [-0.05, 0) is 76.5 Å². The summed E-state index contributed by atoms with van der Waals surface area (Å²) in [5.41, 5.74) is -2.32. The zero-order valence-electron chi connectivity index (χ0n) is 35.1. The van der Waals surface area contributed by atoms with Gasteiger partial charge in [0.1, 0.15) is 17.5 Å². The molecule has 2 aromatic rings. The second-order valence-electron chi connectivity index (χ2n) is 17.9. The van der Waals surface area contributed by atoms with Crippen molar-refractivity contribution in [3.63, 3.8) is 0 Å². The third-order valence-corrected chi connectivity index (χ3v) is 15.9. The third kappa shape index (κ3) is 9.94. The number of amides is 3. The van der Waals surface area contributed by atoms with Gasteiger partial charge in [0.05, 0.1) is 41.1 Å². The van der Waals surface area contributed by atoms with Crippen LogP contribution in [0.1, 0.15) is 83.3 Å². The predicted octanol–water partition coefficient (Wildman–Crippen LogP) is 4.12. The number of hydrogen-bond acceptors (Lipinski definition) is 13. The van der Waals surface area contributed by atoms with E-state index in [2.05, 4.69) is 4.72 Å². The van der Waals surface area contributed by atoms with Crippen molar-refractivity contribution in [1.29, 1.82) is 0 Å². The number of Topliss-reactive ketones (excluding diaryl/α,β-unsaturated/α-hetero) is 1. The minimum absolute atomic E-state index is 0.0175. The third-order valence-electron chi connectivity index (χ3n) is 12.1. The fourth-order valence-electron chi connectivity index (χ4n) is 8.64. The average Bonchev–Trinajstić information content (AvgIpc) is 4.09. The van der Waals surface area contributed by atoms with Crippen molar-refractivity contribution in [3.05, 3.63) is 81.7 Å². The second-order valence-corrected chi connectivity index (χ2v) is 21.8. The minimum atomic E-state index is -4.63. The van der Waals surface area contributed by atoms with Crippen LogP contribution < -0.4 is 4.72 Å². The van der Waals surface area contributed by atoms with Gasteiger partial charge in [-0.2, -0.15) is 4.31 Å². The quantitative estimate of drug-likeness (QED) is 0.162. The molecule has 5 aliphatic rings. The number of halogens is 1. The van der Waals surface area contributed by atoms with E-state index in [1.54, 1.807) is 39.0 Å². The lowest BCUT2D eigenvalue weighted by Crippen LogP contribution is -2.47. The van der Waals surface area contributed by atoms with Crippen molar-refractivity contribution in [1.82, 2.24) is 18.8 Å². The fourth-order valence-corrected chi connectivity index (χ4v) is 11.7. The summed E-state index contributed by atoms with van der Waals surface area (Å²) in [5, 5.41) is 11.2. The van der Waals surface area contributed by atoms with Gasteiger partial charge in [-0.15, -0.1) is 0 Å². The van der Waals surface area contributed by atoms with E-state index in [4.69, 9.17) is 9.47 Å². The molecule has 1 saturated heterocycles. The summed E-state index contributed by atoms with van der Waals surface area (Å²) in [6.45, 7) is 3.80. The molecule has 1 N–H and O–H groups in total. The summed E-state index contributed by atoms with van der Waals surface area (Å²) in [4.78, 5) is 83.3. The smallest absolute Gasteiger partial charge is 0.410 e. The van der Waals surface area contributed by atoms with Gasteiger partial charge >= 0.3 is 12.1 Å². The number of ketones is 1. The molecule has 63 heavy (non-hydrogen) atoms. The van der Waals surface area contributed by atoms with Crippen LogP contribution in [0.2, 0.25) is 0 Å². The first-order chi connectivity index (χ1) is 29.6. The highest BCUT2D eigenvalue weighted by atomic mass is 32.2. The van der Waals surface area contributed by atoms with Crippen LogP contribution in [0, 0.1) is 33.2 Å². The number of hydrogen-bond donors (Lipinski definition) is 1. The van der Waals surface area contributed by atoms with Gasteiger partial charge < -0.3 is 14.4 Å². The maximum absolute atomic E-state index is 14.9. The van der Waals surface area contributed by atoms with E-state index < -0.39 is 131 Å². The molecule has 3 fully saturated rings. The number of nitrogens with zero attached hydrogens (tertiary/aromatic N) is 4. The number of esters is 1. The molecular weight excluding hydrogens is 866 g/mol. The topological polar surface area (TPSA) is 237 Å². The van der Waals surface area contributed by atoms with E-state index >= 15 is 0 Å². The van der Waals surface area contributed by atoms with Crippen molar-refractivity contribution >= 4 is 55.4 Å². The Labute approximate surface area is 364 Å². The molecule has 3 aliphatic heterocycles. The van der Waals surface area contributed by atoms with E-state index in [-0.39, 0.29) is 51.9 Å². The van der Waals surface area contributed by atoms with Crippen molar-refractivity contribution in [2.45, 2.75) is 113 Å². The standard InChI is InChI=1S/C42H50FN5O13S2/c1-41(2,3)61-37(50)19-26-16-18-46(63(58,59)36-13-5-4-12-33(36)48(54)55)17-7-6-10-28-21-42(28,39(52)44-62(56,57)30-14-15-30)22-35(49)34-20-29(24-47(34)38(26)51)60-40(53)45-23-27-9-8-11-32(43)31(27)25-45/h4-6,8-13,26,28-30,34H,7,14-25H2,1-3H3,(H,44,52)/b10-6-/t26-,28-,29?,34+,42-/m1/s1. The van der Waals surface area contributed by atoms with Crippen LogP contribution in [0.4, 0.5) is 14.9 Å². The van der Waals surface area contributed by atoms with Gasteiger partial charge in [0, 0.05) is 50.0 Å². The molecule has 2 saturated carbocycles. The first kappa shape index (κ1) is 45.7. The molecule has 0 bridgehead atoms.